The second-order valence-electron chi connectivity index (χ2n) is 8.18. The van der Waals surface area contributed by atoms with E-state index in [0.717, 1.165) is 39.0 Å². The maximum atomic E-state index is 12.6. The number of hydrogen-bond donors (Lipinski definition) is 4. The Morgan fingerprint density at radius 2 is 1.97 bits per heavy atom. The van der Waals surface area contributed by atoms with Crippen LogP contribution in [0.5, 0.6) is 0 Å². The van der Waals surface area contributed by atoms with E-state index in [1.54, 1.807) is 6.92 Å². The van der Waals surface area contributed by atoms with E-state index >= 15 is 0 Å². The number of amides is 2. The fourth-order valence-electron chi connectivity index (χ4n) is 4.78. The standard InChI is InChI=1S/C19H28N4O5S/c1-10(24)15-13-8-14(16(19(27)28)23(13)18(15)26)29-11-2-3-12(21-9-11)17(25)22-6-4-20-5-7-22/h10-13,15,20-21,24H,2-9H2,1H3,(H,27,28)/t10-,11+,12+,13-,15-/m1/s1. The van der Waals surface area contributed by atoms with Crippen LogP contribution in [0.3, 0.4) is 0 Å². The van der Waals surface area contributed by atoms with Crippen LogP contribution in [-0.4, -0.2) is 94.0 Å². The lowest BCUT2D eigenvalue weighted by atomic mass is 9.83. The summed E-state index contributed by atoms with van der Waals surface area (Å²) < 4.78 is 0. The zero-order valence-electron chi connectivity index (χ0n) is 16.5. The van der Waals surface area contributed by atoms with Gasteiger partial charge in [0.2, 0.25) is 11.8 Å². The van der Waals surface area contributed by atoms with Crippen LogP contribution in [0.15, 0.2) is 10.6 Å². The molecule has 0 aromatic carbocycles. The largest absolute Gasteiger partial charge is 0.477 e. The van der Waals surface area contributed by atoms with Gasteiger partial charge >= 0.3 is 5.97 Å². The molecule has 4 N–H and O–H groups in total. The number of thioether (sulfide) groups is 1. The number of piperazine rings is 1. The fraction of sp³-hybridized carbons (Fsp3) is 0.737. The normalized spacial score (nSPS) is 33.4. The number of aliphatic hydroxyl groups is 1. The summed E-state index contributed by atoms with van der Waals surface area (Å²) in [5.74, 6) is -1.77. The van der Waals surface area contributed by atoms with Gasteiger partial charge in [-0.2, -0.15) is 0 Å². The SMILES string of the molecule is C[C@@H](O)[C@H]1C(=O)N2C(C(=O)O)=C(S[C@H]3CC[C@@H](C(=O)N4CCNCC4)NC3)C[C@H]12. The van der Waals surface area contributed by atoms with Crippen molar-refractivity contribution in [1.82, 2.24) is 20.4 Å². The molecule has 0 aliphatic carbocycles. The van der Waals surface area contributed by atoms with Crippen molar-refractivity contribution in [2.75, 3.05) is 32.7 Å². The van der Waals surface area contributed by atoms with Gasteiger partial charge in [0, 0.05) is 49.3 Å². The Morgan fingerprint density at radius 3 is 2.55 bits per heavy atom. The highest BCUT2D eigenvalue weighted by Crippen LogP contribution is 2.48. The molecule has 3 fully saturated rings. The summed E-state index contributed by atoms with van der Waals surface area (Å²) in [6.07, 6.45) is 1.23. The van der Waals surface area contributed by atoms with Crippen LogP contribution in [0.1, 0.15) is 26.2 Å². The smallest absolute Gasteiger partial charge is 0.353 e. The van der Waals surface area contributed by atoms with Crippen molar-refractivity contribution >= 4 is 29.5 Å². The van der Waals surface area contributed by atoms with Crippen LogP contribution >= 0.6 is 11.8 Å². The summed E-state index contributed by atoms with van der Waals surface area (Å²) in [5.41, 5.74) is 0.0703. The molecule has 5 atom stereocenters. The van der Waals surface area contributed by atoms with Crippen LogP contribution in [0.4, 0.5) is 0 Å². The Balaban J connectivity index is 1.36. The molecule has 0 aromatic heterocycles. The molecule has 0 spiro atoms. The molecule has 2 amide bonds. The number of nitrogens with one attached hydrogen (secondary N) is 2. The number of carboxylic acids is 1. The number of piperidine rings is 1. The molecule has 0 saturated carbocycles. The van der Waals surface area contributed by atoms with E-state index in [4.69, 9.17) is 0 Å². The van der Waals surface area contributed by atoms with Crippen molar-refractivity contribution in [2.45, 2.75) is 49.6 Å². The van der Waals surface area contributed by atoms with E-state index in [1.807, 2.05) is 4.90 Å². The molecular weight excluding hydrogens is 396 g/mol. The molecule has 4 aliphatic rings. The van der Waals surface area contributed by atoms with Crippen molar-refractivity contribution in [2.24, 2.45) is 5.92 Å². The molecule has 29 heavy (non-hydrogen) atoms. The third kappa shape index (κ3) is 3.78. The first-order chi connectivity index (χ1) is 13.9. The summed E-state index contributed by atoms with van der Waals surface area (Å²) in [5, 5.41) is 26.2. The van der Waals surface area contributed by atoms with Gasteiger partial charge in [-0.25, -0.2) is 4.79 Å². The van der Waals surface area contributed by atoms with Gasteiger partial charge in [0.25, 0.3) is 0 Å². The van der Waals surface area contributed by atoms with Gasteiger partial charge in [-0.1, -0.05) is 0 Å². The molecule has 4 aliphatic heterocycles. The molecule has 9 nitrogen and oxygen atoms in total. The zero-order valence-corrected chi connectivity index (χ0v) is 17.3. The van der Waals surface area contributed by atoms with Gasteiger partial charge in [0.05, 0.1) is 24.1 Å². The van der Waals surface area contributed by atoms with Crippen LogP contribution < -0.4 is 10.6 Å². The number of β-lactam (4-membered cyclic amide) rings is 1. The lowest BCUT2D eigenvalue weighted by Crippen LogP contribution is -2.61. The minimum absolute atomic E-state index is 0.0703. The quantitative estimate of drug-likeness (QED) is 0.423. The van der Waals surface area contributed by atoms with E-state index in [2.05, 4.69) is 10.6 Å². The number of carboxylic acid groups (broad SMARTS) is 1. The van der Waals surface area contributed by atoms with Crippen molar-refractivity contribution in [1.29, 1.82) is 0 Å². The molecule has 160 valence electrons. The molecule has 0 bridgehead atoms. The van der Waals surface area contributed by atoms with E-state index in [-0.39, 0.29) is 34.8 Å². The molecule has 0 aromatic rings. The maximum Gasteiger partial charge on any atom is 0.353 e. The molecule has 3 saturated heterocycles. The minimum Gasteiger partial charge on any atom is -0.477 e. The number of carbonyl (C=O) groups excluding carboxylic acids is 2. The average Bonchev–Trinajstić information content (AvgIpc) is 3.02. The molecule has 4 heterocycles. The zero-order chi connectivity index (χ0) is 20.7. The average molecular weight is 425 g/mol. The number of aliphatic carboxylic acids is 1. The molecule has 4 rings (SSSR count). The summed E-state index contributed by atoms with van der Waals surface area (Å²) in [4.78, 5) is 40.7. The number of rotatable bonds is 5. The van der Waals surface area contributed by atoms with E-state index < -0.39 is 18.0 Å². The first-order valence-electron chi connectivity index (χ1n) is 10.3. The highest BCUT2D eigenvalue weighted by atomic mass is 32.2. The lowest BCUT2D eigenvalue weighted by molar-refractivity contribution is -0.161. The topological polar surface area (TPSA) is 122 Å². The summed E-state index contributed by atoms with van der Waals surface area (Å²) in [6.45, 7) is 5.33. The highest BCUT2D eigenvalue weighted by molar-refractivity contribution is 8.03. The van der Waals surface area contributed by atoms with E-state index in [1.165, 1.54) is 16.7 Å². The first kappa shape index (κ1) is 20.6. The van der Waals surface area contributed by atoms with Gasteiger partial charge in [-0.15, -0.1) is 11.8 Å². The second kappa shape index (κ2) is 8.25. The van der Waals surface area contributed by atoms with Crippen molar-refractivity contribution in [3.63, 3.8) is 0 Å². The van der Waals surface area contributed by atoms with Crippen LogP contribution in [0, 0.1) is 5.92 Å². The van der Waals surface area contributed by atoms with Gasteiger partial charge in [-0.3, -0.25) is 9.59 Å². The number of fused-ring (bicyclic) bond motifs is 1. The first-order valence-corrected chi connectivity index (χ1v) is 11.1. The summed E-state index contributed by atoms with van der Waals surface area (Å²) in [6, 6.07) is -0.433. The summed E-state index contributed by atoms with van der Waals surface area (Å²) in [7, 11) is 0. The number of hydrogen-bond acceptors (Lipinski definition) is 7. The Labute approximate surface area is 173 Å². The Hall–Kier alpha value is -1.62. The van der Waals surface area contributed by atoms with Gasteiger partial charge in [-0.05, 0) is 19.8 Å². The van der Waals surface area contributed by atoms with Gasteiger partial charge < -0.3 is 30.6 Å². The van der Waals surface area contributed by atoms with Crippen LogP contribution in [-0.2, 0) is 14.4 Å². The third-order valence-electron chi connectivity index (χ3n) is 6.30. The fourth-order valence-corrected chi connectivity index (χ4v) is 6.19. The second-order valence-corrected chi connectivity index (χ2v) is 9.57. The van der Waals surface area contributed by atoms with Crippen molar-refractivity contribution in [3.8, 4) is 0 Å². The Kier molecular flexibility index (Phi) is 5.87. The Morgan fingerprint density at radius 1 is 1.24 bits per heavy atom. The summed E-state index contributed by atoms with van der Waals surface area (Å²) >= 11 is 1.50. The van der Waals surface area contributed by atoms with Crippen molar-refractivity contribution < 1.29 is 24.6 Å². The third-order valence-corrected chi connectivity index (χ3v) is 7.68. The molecule has 10 heteroatoms. The molecule has 0 radical (unpaired) electrons. The van der Waals surface area contributed by atoms with E-state index in [9.17, 15) is 24.6 Å². The predicted octanol–water partition coefficient (Wildman–Crippen LogP) is -0.820. The monoisotopic (exact) mass is 424 g/mol. The van der Waals surface area contributed by atoms with Crippen LogP contribution in [0.2, 0.25) is 0 Å². The Bertz CT molecular complexity index is 728. The van der Waals surface area contributed by atoms with Crippen LogP contribution in [0.25, 0.3) is 0 Å². The predicted molar refractivity (Wildman–Crippen MR) is 107 cm³/mol. The number of nitrogens with zero attached hydrogens (tertiary/aromatic N) is 2. The highest BCUT2D eigenvalue weighted by Gasteiger charge is 2.57. The molecule has 0 unspecified atom stereocenters. The van der Waals surface area contributed by atoms with E-state index in [0.29, 0.717) is 17.9 Å². The van der Waals surface area contributed by atoms with Gasteiger partial charge in [0.15, 0.2) is 0 Å². The molecular formula is C19H28N4O5S. The minimum atomic E-state index is -1.09. The van der Waals surface area contributed by atoms with Gasteiger partial charge in [0.1, 0.15) is 5.70 Å². The maximum absolute atomic E-state index is 12.6. The lowest BCUT2D eigenvalue weighted by Gasteiger charge is -2.44. The number of carbonyl (C=O) groups is 3. The van der Waals surface area contributed by atoms with Crippen molar-refractivity contribution in [3.05, 3.63) is 10.6 Å². The number of aliphatic hydroxyl groups excluding tert-OH is 1.